The second-order valence-corrected chi connectivity index (χ2v) is 6.37. The van der Waals surface area contributed by atoms with Crippen LogP contribution in [0.3, 0.4) is 0 Å². The second-order valence-electron chi connectivity index (χ2n) is 6.37. The number of nitro benzene ring substituents is 1. The molecule has 0 aliphatic heterocycles. The smallest absolute Gasteiger partial charge is 0.258 e. The highest BCUT2D eigenvalue weighted by Crippen LogP contribution is 2.29. The molecule has 2 aromatic rings. The van der Waals surface area contributed by atoms with Crippen LogP contribution >= 0.6 is 0 Å². The van der Waals surface area contributed by atoms with Gasteiger partial charge in [-0.1, -0.05) is 38.1 Å². The molecule has 0 saturated carbocycles. The van der Waals surface area contributed by atoms with E-state index >= 15 is 0 Å². The molecule has 0 aliphatic carbocycles. The molecule has 0 amide bonds. The van der Waals surface area contributed by atoms with Crippen LogP contribution in [0, 0.1) is 21.4 Å². The lowest BCUT2D eigenvalue weighted by Crippen LogP contribution is -2.43. The summed E-state index contributed by atoms with van der Waals surface area (Å²) >= 11 is 0. The van der Waals surface area contributed by atoms with Crippen molar-refractivity contribution in [2.75, 3.05) is 0 Å². The van der Waals surface area contributed by atoms with Crippen molar-refractivity contribution in [2.24, 2.45) is 11.3 Å². The van der Waals surface area contributed by atoms with Gasteiger partial charge in [0.25, 0.3) is 5.69 Å². The van der Waals surface area contributed by atoms with E-state index < -0.39 is 0 Å². The Kier molecular flexibility index (Phi) is 4.35. The second kappa shape index (κ2) is 6.03. The highest BCUT2D eigenvalue weighted by Gasteiger charge is 2.27. The third-order valence-corrected chi connectivity index (χ3v) is 3.78. The molecule has 6 nitrogen and oxygen atoms in total. The molecule has 0 spiro atoms. The average molecular weight is 289 g/mol. The Bertz CT molecular complexity index is 585. The first kappa shape index (κ1) is 15.2. The van der Waals surface area contributed by atoms with Crippen molar-refractivity contribution in [1.82, 2.24) is 10.3 Å². The van der Waals surface area contributed by atoms with E-state index in [1.807, 2.05) is 23.0 Å². The molecule has 0 aliphatic rings. The van der Waals surface area contributed by atoms with Crippen LogP contribution in [0.2, 0.25) is 0 Å². The number of nitrogens with zero attached hydrogens (tertiary/aromatic N) is 3. The first-order valence-corrected chi connectivity index (χ1v) is 6.98. The Hall–Kier alpha value is -2.24. The summed E-state index contributed by atoms with van der Waals surface area (Å²) in [7, 11) is 0. The maximum Gasteiger partial charge on any atom is 0.269 e. The number of hydrogen-bond donors (Lipinski definition) is 1. The van der Waals surface area contributed by atoms with Crippen molar-refractivity contribution < 1.29 is 9.61 Å². The highest BCUT2D eigenvalue weighted by atomic mass is 16.6. The van der Waals surface area contributed by atoms with Gasteiger partial charge < -0.3 is 0 Å². The molecular formula is C15H21N4O2+. The predicted molar refractivity (Wildman–Crippen MR) is 78.5 cm³/mol. The molecule has 112 valence electrons. The van der Waals surface area contributed by atoms with E-state index in [2.05, 4.69) is 31.1 Å². The first-order valence-electron chi connectivity index (χ1n) is 6.98. The molecule has 6 heteroatoms. The van der Waals surface area contributed by atoms with Crippen LogP contribution < -0.4 is 4.68 Å². The van der Waals surface area contributed by atoms with E-state index in [4.69, 9.17) is 0 Å². The monoisotopic (exact) mass is 289 g/mol. The molecule has 1 atom stereocenters. The zero-order valence-electron chi connectivity index (χ0n) is 12.6. The van der Waals surface area contributed by atoms with Crippen molar-refractivity contribution in [3.63, 3.8) is 0 Å². The molecule has 1 heterocycles. The van der Waals surface area contributed by atoms with E-state index in [0.29, 0.717) is 5.92 Å². The van der Waals surface area contributed by atoms with Gasteiger partial charge in [-0.2, -0.15) is 4.68 Å². The maximum absolute atomic E-state index is 10.7. The molecule has 0 radical (unpaired) electrons. The van der Waals surface area contributed by atoms with E-state index in [1.54, 1.807) is 18.3 Å². The van der Waals surface area contributed by atoms with Crippen LogP contribution in [0.5, 0.6) is 0 Å². The molecule has 1 aromatic heterocycles. The summed E-state index contributed by atoms with van der Waals surface area (Å²) in [5, 5.41) is 17.6. The molecular weight excluding hydrogens is 268 g/mol. The van der Waals surface area contributed by atoms with Gasteiger partial charge in [0.05, 0.1) is 4.92 Å². The average Bonchev–Trinajstić information content (AvgIpc) is 2.90. The van der Waals surface area contributed by atoms with Crippen LogP contribution in [-0.2, 0) is 13.0 Å². The minimum atomic E-state index is -0.370. The lowest BCUT2D eigenvalue weighted by Gasteiger charge is -2.29. The molecule has 0 bridgehead atoms. The van der Waals surface area contributed by atoms with Crippen LogP contribution in [0.1, 0.15) is 26.3 Å². The van der Waals surface area contributed by atoms with Crippen molar-refractivity contribution in [3.05, 3.63) is 52.3 Å². The zero-order chi connectivity index (χ0) is 15.5. The van der Waals surface area contributed by atoms with Gasteiger partial charge in [-0.05, 0) is 17.4 Å². The van der Waals surface area contributed by atoms with Gasteiger partial charge >= 0.3 is 0 Å². The third-order valence-electron chi connectivity index (χ3n) is 3.78. The number of hydrogen-bond acceptors (Lipinski definition) is 3. The summed E-state index contributed by atoms with van der Waals surface area (Å²) in [5.41, 5.74) is 1.37. The molecule has 0 saturated heterocycles. The van der Waals surface area contributed by atoms with Gasteiger partial charge in [-0.15, -0.1) is 0 Å². The van der Waals surface area contributed by atoms with Gasteiger partial charge in [0.15, 0.2) is 6.20 Å². The molecule has 21 heavy (non-hydrogen) atoms. The lowest BCUT2D eigenvalue weighted by atomic mass is 9.77. The summed E-state index contributed by atoms with van der Waals surface area (Å²) in [4.78, 5) is 10.3. The van der Waals surface area contributed by atoms with Crippen molar-refractivity contribution in [1.29, 1.82) is 0 Å². The quantitative estimate of drug-likeness (QED) is 0.522. The Morgan fingerprint density at radius 1 is 1.33 bits per heavy atom. The van der Waals surface area contributed by atoms with Crippen LogP contribution in [-0.4, -0.2) is 15.2 Å². The molecule has 1 unspecified atom stereocenters. The predicted octanol–water partition coefficient (Wildman–Crippen LogP) is 2.51. The third kappa shape index (κ3) is 4.11. The maximum atomic E-state index is 10.7. The number of H-pyrrole nitrogens is 1. The van der Waals surface area contributed by atoms with Crippen molar-refractivity contribution in [3.8, 4) is 0 Å². The fraction of sp³-hybridized carbons (Fsp3) is 0.467. The summed E-state index contributed by atoms with van der Waals surface area (Å²) in [6.45, 7) is 7.46. The molecule has 2 rings (SSSR count). The van der Waals surface area contributed by atoms with Gasteiger partial charge in [0.1, 0.15) is 6.54 Å². The molecule has 1 N–H and O–H groups in total. The van der Waals surface area contributed by atoms with Gasteiger partial charge in [-0.25, -0.2) is 0 Å². The van der Waals surface area contributed by atoms with Crippen molar-refractivity contribution >= 4 is 5.69 Å². The number of aromatic nitrogens is 3. The van der Waals surface area contributed by atoms with Crippen LogP contribution in [0.15, 0.2) is 36.7 Å². The summed E-state index contributed by atoms with van der Waals surface area (Å²) < 4.78 is 1.96. The standard InChI is InChI=1S/C15H20N4O2/c1-15(2,3)13(11-18-9-8-16-17-18)10-12-4-6-14(7-5-12)19(20)21/h4-9,13H,10-11H2,1-3H3/p+1. The fourth-order valence-electron chi connectivity index (χ4n) is 2.28. The molecule has 1 aromatic carbocycles. The zero-order valence-corrected chi connectivity index (χ0v) is 12.6. The SMILES string of the molecule is CC(C)(C)C(Cc1ccc([N+](=O)[O-])cc1)C[n+]1ccn[nH]1. The van der Waals surface area contributed by atoms with E-state index in [9.17, 15) is 10.1 Å². The normalized spacial score (nSPS) is 13.1. The Morgan fingerprint density at radius 2 is 2.00 bits per heavy atom. The van der Waals surface area contributed by atoms with Gasteiger partial charge in [0, 0.05) is 23.1 Å². The summed E-state index contributed by atoms with van der Waals surface area (Å²) in [5.74, 6) is 0.393. The minimum Gasteiger partial charge on any atom is -0.258 e. The number of nitrogens with one attached hydrogen (secondary N) is 1. The fourth-order valence-corrected chi connectivity index (χ4v) is 2.28. The number of nitro groups is 1. The number of rotatable bonds is 5. The Labute approximate surface area is 123 Å². The first-order chi connectivity index (χ1) is 9.86. The largest absolute Gasteiger partial charge is 0.269 e. The Morgan fingerprint density at radius 3 is 2.48 bits per heavy atom. The van der Waals surface area contributed by atoms with Crippen LogP contribution in [0.25, 0.3) is 0 Å². The summed E-state index contributed by atoms with van der Waals surface area (Å²) in [6.07, 6.45) is 4.51. The topological polar surface area (TPSA) is 75.7 Å². The molecule has 0 fully saturated rings. The van der Waals surface area contributed by atoms with Gasteiger partial charge in [0.2, 0.25) is 6.20 Å². The van der Waals surface area contributed by atoms with Gasteiger partial charge in [-0.3, -0.25) is 10.1 Å². The number of non-ortho nitro benzene ring substituents is 1. The van der Waals surface area contributed by atoms with E-state index in [-0.39, 0.29) is 16.0 Å². The number of benzene rings is 1. The summed E-state index contributed by atoms with van der Waals surface area (Å²) in [6, 6.07) is 6.82. The van der Waals surface area contributed by atoms with Crippen molar-refractivity contribution in [2.45, 2.75) is 33.7 Å². The van der Waals surface area contributed by atoms with E-state index in [1.165, 1.54) is 0 Å². The minimum absolute atomic E-state index is 0.125. The van der Waals surface area contributed by atoms with Crippen LogP contribution in [0.4, 0.5) is 5.69 Å². The highest BCUT2D eigenvalue weighted by molar-refractivity contribution is 5.33. The van der Waals surface area contributed by atoms with E-state index in [0.717, 1.165) is 18.5 Å². The lowest BCUT2D eigenvalue weighted by molar-refractivity contribution is -0.760. The number of aromatic amines is 1. The Balaban J connectivity index is 2.13.